The number of ether oxygens (including phenoxy) is 1. The standard InChI is InChI=1S/C13H19ClO2/c1-3-6-12(16-4-2)13(15)10-7-5-8-11(14)9-10/h5,7-9,12-13,15H,3-4,6H2,1-2H3. The molecule has 2 atom stereocenters. The number of aliphatic hydroxyl groups excluding tert-OH is 1. The third-order valence-electron chi connectivity index (χ3n) is 2.50. The predicted octanol–water partition coefficient (Wildman–Crippen LogP) is 3.58. The van der Waals surface area contributed by atoms with Crippen molar-refractivity contribution in [3.8, 4) is 0 Å². The van der Waals surface area contributed by atoms with Gasteiger partial charge in [0.1, 0.15) is 6.10 Å². The lowest BCUT2D eigenvalue weighted by Crippen LogP contribution is -2.22. The minimum Gasteiger partial charge on any atom is -0.386 e. The van der Waals surface area contributed by atoms with E-state index in [1.54, 1.807) is 12.1 Å². The summed E-state index contributed by atoms with van der Waals surface area (Å²) in [6.07, 6.45) is 1.09. The minimum atomic E-state index is -0.599. The number of benzene rings is 1. The van der Waals surface area contributed by atoms with Crippen LogP contribution < -0.4 is 0 Å². The second kappa shape index (κ2) is 6.89. The molecule has 2 nitrogen and oxygen atoms in total. The molecule has 0 saturated carbocycles. The van der Waals surface area contributed by atoms with Crippen molar-refractivity contribution >= 4 is 11.6 Å². The van der Waals surface area contributed by atoms with Crippen LogP contribution in [0.5, 0.6) is 0 Å². The molecule has 0 heterocycles. The van der Waals surface area contributed by atoms with Crippen LogP contribution in [0.4, 0.5) is 0 Å². The molecule has 0 bridgehead atoms. The molecule has 0 aliphatic carbocycles. The van der Waals surface area contributed by atoms with Crippen molar-refractivity contribution in [1.29, 1.82) is 0 Å². The summed E-state index contributed by atoms with van der Waals surface area (Å²) in [5.41, 5.74) is 0.819. The van der Waals surface area contributed by atoms with Crippen molar-refractivity contribution in [3.05, 3.63) is 34.9 Å². The molecule has 2 unspecified atom stereocenters. The SMILES string of the molecule is CCCC(OCC)C(O)c1cccc(Cl)c1. The second-order valence-corrected chi connectivity index (χ2v) is 4.22. The van der Waals surface area contributed by atoms with Crippen LogP contribution in [0.1, 0.15) is 38.4 Å². The van der Waals surface area contributed by atoms with E-state index in [4.69, 9.17) is 16.3 Å². The van der Waals surface area contributed by atoms with Crippen molar-refractivity contribution in [2.75, 3.05) is 6.61 Å². The topological polar surface area (TPSA) is 29.5 Å². The Hall–Kier alpha value is -0.570. The molecule has 0 spiro atoms. The zero-order chi connectivity index (χ0) is 12.0. The first-order valence-electron chi connectivity index (χ1n) is 5.74. The third-order valence-corrected chi connectivity index (χ3v) is 2.73. The normalized spacial score (nSPS) is 14.8. The summed E-state index contributed by atoms with van der Waals surface area (Å²) in [6, 6.07) is 7.30. The second-order valence-electron chi connectivity index (χ2n) is 3.78. The quantitative estimate of drug-likeness (QED) is 0.826. The van der Waals surface area contributed by atoms with Gasteiger partial charge in [0.2, 0.25) is 0 Å². The highest BCUT2D eigenvalue weighted by atomic mass is 35.5. The van der Waals surface area contributed by atoms with E-state index in [0.717, 1.165) is 18.4 Å². The van der Waals surface area contributed by atoms with Gasteiger partial charge in [-0.25, -0.2) is 0 Å². The average molecular weight is 243 g/mol. The van der Waals surface area contributed by atoms with Gasteiger partial charge >= 0.3 is 0 Å². The number of halogens is 1. The zero-order valence-electron chi connectivity index (χ0n) is 9.82. The van der Waals surface area contributed by atoms with Crippen molar-refractivity contribution in [1.82, 2.24) is 0 Å². The molecule has 1 rings (SSSR count). The monoisotopic (exact) mass is 242 g/mol. The Kier molecular flexibility index (Phi) is 5.81. The lowest BCUT2D eigenvalue weighted by molar-refractivity contribution is -0.0384. The highest BCUT2D eigenvalue weighted by Gasteiger charge is 2.20. The molecule has 0 aromatic heterocycles. The van der Waals surface area contributed by atoms with Gasteiger partial charge < -0.3 is 9.84 Å². The van der Waals surface area contributed by atoms with Crippen LogP contribution in [0.25, 0.3) is 0 Å². The highest BCUT2D eigenvalue weighted by Crippen LogP contribution is 2.24. The van der Waals surface area contributed by atoms with Crippen LogP contribution in [0.15, 0.2) is 24.3 Å². The first kappa shape index (κ1) is 13.5. The van der Waals surface area contributed by atoms with E-state index in [0.29, 0.717) is 11.6 Å². The summed E-state index contributed by atoms with van der Waals surface area (Å²) in [7, 11) is 0. The predicted molar refractivity (Wildman–Crippen MR) is 66.7 cm³/mol. The lowest BCUT2D eigenvalue weighted by atomic mass is 10.0. The first-order chi connectivity index (χ1) is 7.69. The molecule has 1 N–H and O–H groups in total. The van der Waals surface area contributed by atoms with Gasteiger partial charge in [-0.1, -0.05) is 37.1 Å². The third kappa shape index (κ3) is 3.78. The van der Waals surface area contributed by atoms with E-state index in [9.17, 15) is 5.11 Å². The van der Waals surface area contributed by atoms with Gasteiger partial charge in [-0.05, 0) is 31.0 Å². The number of rotatable bonds is 6. The molecule has 0 amide bonds. The van der Waals surface area contributed by atoms with Crippen molar-refractivity contribution in [2.45, 2.75) is 38.9 Å². The molecule has 0 radical (unpaired) electrons. The van der Waals surface area contributed by atoms with Gasteiger partial charge in [0.15, 0.2) is 0 Å². The molecule has 0 fully saturated rings. The maximum atomic E-state index is 10.2. The molecule has 0 saturated heterocycles. The van der Waals surface area contributed by atoms with Crippen LogP contribution in [-0.4, -0.2) is 17.8 Å². The van der Waals surface area contributed by atoms with Crippen molar-refractivity contribution in [3.63, 3.8) is 0 Å². The molecule has 1 aromatic carbocycles. The van der Waals surface area contributed by atoms with Crippen LogP contribution in [0.3, 0.4) is 0 Å². The first-order valence-corrected chi connectivity index (χ1v) is 6.12. The molecule has 0 aliphatic rings. The van der Waals surface area contributed by atoms with E-state index in [1.165, 1.54) is 0 Å². The lowest BCUT2D eigenvalue weighted by Gasteiger charge is -2.22. The number of hydrogen-bond acceptors (Lipinski definition) is 2. The summed E-state index contributed by atoms with van der Waals surface area (Å²) in [6.45, 7) is 4.63. The highest BCUT2D eigenvalue weighted by molar-refractivity contribution is 6.30. The summed E-state index contributed by atoms with van der Waals surface area (Å²) < 4.78 is 5.55. The van der Waals surface area contributed by atoms with Crippen LogP contribution >= 0.6 is 11.6 Å². The van der Waals surface area contributed by atoms with Gasteiger partial charge in [0.05, 0.1) is 6.10 Å². The molecule has 1 aromatic rings. The van der Waals surface area contributed by atoms with Crippen molar-refractivity contribution in [2.24, 2.45) is 0 Å². The molecular formula is C13H19ClO2. The molecule has 90 valence electrons. The Bertz CT molecular complexity index is 309. The Morgan fingerprint density at radius 3 is 2.69 bits per heavy atom. The fourth-order valence-corrected chi connectivity index (χ4v) is 1.93. The van der Waals surface area contributed by atoms with E-state index >= 15 is 0 Å². The van der Waals surface area contributed by atoms with Gasteiger partial charge in [-0.2, -0.15) is 0 Å². The Labute approximate surface area is 102 Å². The van der Waals surface area contributed by atoms with E-state index < -0.39 is 6.10 Å². The zero-order valence-corrected chi connectivity index (χ0v) is 10.6. The summed E-state index contributed by atoms with van der Waals surface area (Å²) in [4.78, 5) is 0. The van der Waals surface area contributed by atoms with E-state index in [1.807, 2.05) is 19.1 Å². The molecular weight excluding hydrogens is 224 g/mol. The van der Waals surface area contributed by atoms with Gasteiger partial charge in [0.25, 0.3) is 0 Å². The maximum Gasteiger partial charge on any atom is 0.105 e. The summed E-state index contributed by atoms with van der Waals surface area (Å²) in [5, 5.41) is 10.8. The Morgan fingerprint density at radius 1 is 1.38 bits per heavy atom. The molecule has 16 heavy (non-hydrogen) atoms. The largest absolute Gasteiger partial charge is 0.386 e. The van der Waals surface area contributed by atoms with E-state index in [-0.39, 0.29) is 6.10 Å². The van der Waals surface area contributed by atoms with Gasteiger partial charge in [-0.15, -0.1) is 0 Å². The molecule has 0 aliphatic heterocycles. The Balaban J connectivity index is 2.76. The van der Waals surface area contributed by atoms with Crippen molar-refractivity contribution < 1.29 is 9.84 Å². The maximum absolute atomic E-state index is 10.2. The minimum absolute atomic E-state index is 0.145. The number of hydrogen-bond donors (Lipinski definition) is 1. The summed E-state index contributed by atoms with van der Waals surface area (Å²) in [5.74, 6) is 0. The number of aliphatic hydroxyl groups is 1. The molecule has 3 heteroatoms. The van der Waals surface area contributed by atoms with Crippen LogP contribution in [-0.2, 0) is 4.74 Å². The van der Waals surface area contributed by atoms with Crippen LogP contribution in [0.2, 0.25) is 5.02 Å². The van der Waals surface area contributed by atoms with E-state index in [2.05, 4.69) is 6.92 Å². The summed E-state index contributed by atoms with van der Waals surface area (Å²) >= 11 is 5.90. The smallest absolute Gasteiger partial charge is 0.105 e. The van der Waals surface area contributed by atoms with Gasteiger partial charge in [-0.3, -0.25) is 0 Å². The fourth-order valence-electron chi connectivity index (χ4n) is 1.74. The Morgan fingerprint density at radius 2 is 2.12 bits per heavy atom. The fraction of sp³-hybridized carbons (Fsp3) is 0.538. The van der Waals surface area contributed by atoms with Crippen LogP contribution in [0, 0.1) is 0 Å². The average Bonchev–Trinajstić information content (AvgIpc) is 2.28. The van der Waals surface area contributed by atoms with Gasteiger partial charge in [0, 0.05) is 11.6 Å².